The fourth-order valence-corrected chi connectivity index (χ4v) is 1.96. The van der Waals surface area contributed by atoms with Crippen LogP contribution in [0.1, 0.15) is 18.1 Å². The van der Waals surface area contributed by atoms with Crippen LogP contribution in [0.3, 0.4) is 0 Å². The second kappa shape index (κ2) is 7.36. The van der Waals surface area contributed by atoms with Crippen LogP contribution in [0.4, 0.5) is 5.69 Å². The molecule has 102 valence electrons. The molecule has 0 aliphatic carbocycles. The summed E-state index contributed by atoms with van der Waals surface area (Å²) >= 11 is 0. The number of benzene rings is 1. The molecule has 0 bridgehead atoms. The van der Waals surface area contributed by atoms with Crippen molar-refractivity contribution in [1.82, 2.24) is 9.80 Å². The average Bonchev–Trinajstić information content (AvgIpc) is 2.28. The molecule has 3 N–H and O–H groups in total. The predicted octanol–water partition coefficient (Wildman–Crippen LogP) is 1.19. The molecule has 4 nitrogen and oxygen atoms in total. The molecule has 0 fully saturated rings. The number of aliphatic hydroxyl groups excluding tert-OH is 1. The van der Waals surface area contributed by atoms with Gasteiger partial charge in [-0.05, 0) is 46.7 Å². The van der Waals surface area contributed by atoms with Gasteiger partial charge in [0.1, 0.15) is 0 Å². The molecule has 0 saturated heterocycles. The van der Waals surface area contributed by atoms with Gasteiger partial charge in [-0.2, -0.15) is 0 Å². The van der Waals surface area contributed by atoms with Crippen molar-refractivity contribution < 1.29 is 5.11 Å². The zero-order valence-corrected chi connectivity index (χ0v) is 11.6. The summed E-state index contributed by atoms with van der Waals surface area (Å²) in [5, 5.41) is 10.1. The minimum atomic E-state index is -0.518. The van der Waals surface area contributed by atoms with Crippen LogP contribution in [-0.4, -0.2) is 55.7 Å². The summed E-state index contributed by atoms with van der Waals surface area (Å²) in [6.45, 7) is 2.65. The predicted molar refractivity (Wildman–Crippen MR) is 76.5 cm³/mol. The van der Waals surface area contributed by atoms with Crippen molar-refractivity contribution in [2.24, 2.45) is 0 Å². The van der Waals surface area contributed by atoms with Crippen LogP contribution in [0, 0.1) is 0 Å². The van der Waals surface area contributed by atoms with E-state index in [4.69, 9.17) is 5.73 Å². The second-order valence-corrected chi connectivity index (χ2v) is 5.06. The maximum absolute atomic E-state index is 10.1. The van der Waals surface area contributed by atoms with Crippen molar-refractivity contribution in [3.63, 3.8) is 0 Å². The van der Waals surface area contributed by atoms with E-state index in [1.165, 1.54) is 0 Å². The van der Waals surface area contributed by atoms with Crippen LogP contribution in [0.25, 0.3) is 0 Å². The summed E-state index contributed by atoms with van der Waals surface area (Å²) in [7, 11) is 6.16. The molecule has 0 aromatic heterocycles. The lowest BCUT2D eigenvalue weighted by molar-refractivity contribution is 0.125. The van der Waals surface area contributed by atoms with E-state index in [0.717, 1.165) is 25.1 Å². The average molecular weight is 251 g/mol. The van der Waals surface area contributed by atoms with E-state index in [1.54, 1.807) is 0 Å². The first-order valence-corrected chi connectivity index (χ1v) is 6.36. The molecule has 0 heterocycles. The number of nitrogen functional groups attached to an aromatic ring is 1. The van der Waals surface area contributed by atoms with E-state index in [1.807, 2.05) is 31.3 Å². The van der Waals surface area contributed by atoms with Crippen molar-refractivity contribution in [2.75, 3.05) is 46.5 Å². The standard InChI is InChI=1S/C14H25N3O/c1-16(2)9-6-10-17(3)11-14(18)12-7-4-5-8-13(12)15/h4-5,7-8,14,18H,6,9-11,15H2,1-3H3. The summed E-state index contributed by atoms with van der Waals surface area (Å²) < 4.78 is 0. The number of hydrogen-bond acceptors (Lipinski definition) is 4. The molecule has 0 amide bonds. The third-order valence-corrected chi connectivity index (χ3v) is 2.98. The molecule has 1 aromatic rings. The van der Waals surface area contributed by atoms with Gasteiger partial charge in [-0.15, -0.1) is 0 Å². The number of anilines is 1. The summed E-state index contributed by atoms with van der Waals surface area (Å²) in [4.78, 5) is 4.31. The quantitative estimate of drug-likeness (QED) is 0.715. The molecule has 4 heteroatoms. The largest absolute Gasteiger partial charge is 0.398 e. The minimum absolute atomic E-state index is 0.518. The number of nitrogens with zero attached hydrogens (tertiary/aromatic N) is 2. The molecule has 1 aromatic carbocycles. The number of aliphatic hydroxyl groups is 1. The van der Waals surface area contributed by atoms with Gasteiger partial charge in [0, 0.05) is 17.8 Å². The zero-order chi connectivity index (χ0) is 13.5. The molecule has 0 saturated carbocycles. The summed E-state index contributed by atoms with van der Waals surface area (Å²) in [6, 6.07) is 7.49. The van der Waals surface area contributed by atoms with Crippen LogP contribution in [-0.2, 0) is 0 Å². The van der Waals surface area contributed by atoms with E-state index in [-0.39, 0.29) is 0 Å². The fraction of sp³-hybridized carbons (Fsp3) is 0.571. The lowest BCUT2D eigenvalue weighted by atomic mass is 10.1. The SMILES string of the molecule is CN(C)CCCN(C)CC(O)c1ccccc1N. The third kappa shape index (κ3) is 5.04. The number of likely N-dealkylation sites (N-methyl/N-ethyl adjacent to an activating group) is 1. The van der Waals surface area contributed by atoms with Gasteiger partial charge in [0.15, 0.2) is 0 Å². The Kier molecular flexibility index (Phi) is 6.12. The lowest BCUT2D eigenvalue weighted by Crippen LogP contribution is -2.28. The first-order valence-electron chi connectivity index (χ1n) is 6.36. The van der Waals surface area contributed by atoms with E-state index in [0.29, 0.717) is 12.2 Å². The second-order valence-electron chi connectivity index (χ2n) is 5.06. The van der Waals surface area contributed by atoms with Crippen LogP contribution in [0.15, 0.2) is 24.3 Å². The molecular formula is C14H25N3O. The Morgan fingerprint density at radius 3 is 2.44 bits per heavy atom. The monoisotopic (exact) mass is 251 g/mol. The highest BCUT2D eigenvalue weighted by Gasteiger charge is 2.12. The fourth-order valence-electron chi connectivity index (χ4n) is 1.96. The summed E-state index contributed by atoms with van der Waals surface area (Å²) in [5.41, 5.74) is 7.33. The van der Waals surface area contributed by atoms with Crippen LogP contribution < -0.4 is 5.73 Å². The number of para-hydroxylation sites is 1. The number of rotatable bonds is 7. The van der Waals surface area contributed by atoms with Gasteiger partial charge in [0.05, 0.1) is 6.10 Å². The molecule has 1 rings (SSSR count). The Hall–Kier alpha value is -1.10. The van der Waals surface area contributed by atoms with Gasteiger partial charge in [-0.3, -0.25) is 0 Å². The van der Waals surface area contributed by atoms with Gasteiger partial charge in [-0.25, -0.2) is 0 Å². The van der Waals surface area contributed by atoms with Gasteiger partial charge in [-0.1, -0.05) is 18.2 Å². The highest BCUT2D eigenvalue weighted by molar-refractivity contribution is 5.47. The van der Waals surface area contributed by atoms with Gasteiger partial charge >= 0.3 is 0 Å². The maximum Gasteiger partial charge on any atom is 0.0936 e. The highest BCUT2D eigenvalue weighted by Crippen LogP contribution is 2.20. The number of nitrogens with two attached hydrogens (primary N) is 1. The summed E-state index contributed by atoms with van der Waals surface area (Å²) in [5.74, 6) is 0. The Morgan fingerprint density at radius 1 is 1.17 bits per heavy atom. The topological polar surface area (TPSA) is 52.7 Å². The number of hydrogen-bond donors (Lipinski definition) is 2. The minimum Gasteiger partial charge on any atom is -0.398 e. The highest BCUT2D eigenvalue weighted by atomic mass is 16.3. The molecule has 0 aliphatic rings. The van der Waals surface area contributed by atoms with E-state index >= 15 is 0 Å². The lowest BCUT2D eigenvalue weighted by Gasteiger charge is -2.22. The Morgan fingerprint density at radius 2 is 1.83 bits per heavy atom. The van der Waals surface area contributed by atoms with Crippen LogP contribution in [0.5, 0.6) is 0 Å². The van der Waals surface area contributed by atoms with E-state index < -0.39 is 6.10 Å². The first-order chi connectivity index (χ1) is 8.50. The summed E-state index contributed by atoms with van der Waals surface area (Å²) in [6.07, 6.45) is 0.580. The van der Waals surface area contributed by atoms with Crippen molar-refractivity contribution in [3.8, 4) is 0 Å². The van der Waals surface area contributed by atoms with Crippen molar-refractivity contribution in [3.05, 3.63) is 29.8 Å². The molecule has 1 unspecified atom stereocenters. The zero-order valence-electron chi connectivity index (χ0n) is 11.6. The molecule has 0 aliphatic heterocycles. The first kappa shape index (κ1) is 15.0. The Balaban J connectivity index is 2.40. The smallest absolute Gasteiger partial charge is 0.0936 e. The van der Waals surface area contributed by atoms with Crippen molar-refractivity contribution in [2.45, 2.75) is 12.5 Å². The Bertz CT molecular complexity index is 355. The molecule has 0 spiro atoms. The molecular weight excluding hydrogens is 226 g/mol. The van der Waals surface area contributed by atoms with Gasteiger partial charge in [0.2, 0.25) is 0 Å². The third-order valence-electron chi connectivity index (χ3n) is 2.98. The van der Waals surface area contributed by atoms with Crippen LogP contribution >= 0.6 is 0 Å². The van der Waals surface area contributed by atoms with E-state index in [9.17, 15) is 5.11 Å². The normalized spacial score (nSPS) is 13.2. The molecule has 1 atom stereocenters. The van der Waals surface area contributed by atoms with Crippen molar-refractivity contribution in [1.29, 1.82) is 0 Å². The van der Waals surface area contributed by atoms with Gasteiger partial charge < -0.3 is 20.6 Å². The van der Waals surface area contributed by atoms with Crippen molar-refractivity contribution >= 4 is 5.69 Å². The van der Waals surface area contributed by atoms with E-state index in [2.05, 4.69) is 23.9 Å². The van der Waals surface area contributed by atoms with Gasteiger partial charge in [0.25, 0.3) is 0 Å². The Labute approximate surface area is 110 Å². The molecule has 18 heavy (non-hydrogen) atoms. The maximum atomic E-state index is 10.1. The van der Waals surface area contributed by atoms with Crippen LogP contribution in [0.2, 0.25) is 0 Å². The molecule has 0 radical (unpaired) electrons.